The van der Waals surface area contributed by atoms with Crippen molar-refractivity contribution < 1.29 is 13.9 Å². The number of halogens is 1. The number of hydrogen-bond donors (Lipinski definition) is 1. The number of carbonyl (C=O) groups is 1. The average Bonchev–Trinajstić information content (AvgIpc) is 2.31. The lowest BCUT2D eigenvalue weighted by Crippen LogP contribution is -2.26. The summed E-state index contributed by atoms with van der Waals surface area (Å²) in [5.41, 5.74) is 0.575. The summed E-state index contributed by atoms with van der Waals surface area (Å²) in [5, 5.41) is 2.68. The van der Waals surface area contributed by atoms with E-state index >= 15 is 0 Å². The van der Waals surface area contributed by atoms with Gasteiger partial charge in [-0.25, -0.2) is 4.39 Å². The minimum absolute atomic E-state index is 0.0970. The van der Waals surface area contributed by atoms with Crippen molar-refractivity contribution in [2.75, 3.05) is 13.2 Å². The van der Waals surface area contributed by atoms with E-state index in [4.69, 9.17) is 4.74 Å². The second kappa shape index (κ2) is 7.11. The predicted molar refractivity (Wildman–Crippen MR) is 69.2 cm³/mol. The summed E-state index contributed by atoms with van der Waals surface area (Å²) in [6.45, 7) is 6.64. The Balaban J connectivity index is 2.39. The largest absolute Gasteiger partial charge is 0.379 e. The van der Waals surface area contributed by atoms with Crippen LogP contribution in [0.2, 0.25) is 0 Å². The summed E-state index contributed by atoms with van der Waals surface area (Å²) in [6, 6.07) is 4.81. The zero-order chi connectivity index (χ0) is 13.5. The van der Waals surface area contributed by atoms with E-state index in [1.54, 1.807) is 19.1 Å². The first-order valence-corrected chi connectivity index (χ1v) is 6.17. The molecular weight excluding hydrogens is 233 g/mol. The highest BCUT2D eigenvalue weighted by Gasteiger charge is 2.12. The Hall–Kier alpha value is -1.42. The van der Waals surface area contributed by atoms with E-state index in [9.17, 15) is 9.18 Å². The minimum atomic E-state index is -0.451. The second-order valence-corrected chi connectivity index (χ2v) is 4.47. The van der Waals surface area contributed by atoms with Gasteiger partial charge in [-0.15, -0.1) is 0 Å². The number of ether oxygens (including phenoxy) is 1. The van der Waals surface area contributed by atoms with Crippen LogP contribution in [0.25, 0.3) is 0 Å². The van der Waals surface area contributed by atoms with Gasteiger partial charge in [0, 0.05) is 13.2 Å². The summed E-state index contributed by atoms with van der Waals surface area (Å²) >= 11 is 0. The molecule has 0 spiro atoms. The molecule has 0 saturated heterocycles. The van der Waals surface area contributed by atoms with E-state index in [2.05, 4.69) is 5.32 Å². The summed E-state index contributed by atoms with van der Waals surface area (Å²) in [4.78, 5) is 11.7. The maximum Gasteiger partial charge on any atom is 0.254 e. The maximum atomic E-state index is 13.6. The van der Waals surface area contributed by atoms with Gasteiger partial charge >= 0.3 is 0 Å². The summed E-state index contributed by atoms with van der Waals surface area (Å²) in [6.07, 6.45) is 0.909. The first-order valence-electron chi connectivity index (χ1n) is 6.17. The van der Waals surface area contributed by atoms with Crippen LogP contribution in [0.15, 0.2) is 18.2 Å². The Labute approximate surface area is 107 Å². The fourth-order valence-electron chi connectivity index (χ4n) is 1.51. The summed E-state index contributed by atoms with van der Waals surface area (Å²) < 4.78 is 19.0. The van der Waals surface area contributed by atoms with Gasteiger partial charge in [0.1, 0.15) is 5.82 Å². The molecule has 1 aromatic rings. The summed E-state index contributed by atoms with van der Waals surface area (Å²) in [5.74, 6) is -0.825. The van der Waals surface area contributed by atoms with Gasteiger partial charge in [0.15, 0.2) is 0 Å². The van der Waals surface area contributed by atoms with Crippen molar-refractivity contribution >= 4 is 5.91 Å². The lowest BCUT2D eigenvalue weighted by molar-refractivity contribution is 0.0756. The zero-order valence-electron chi connectivity index (χ0n) is 11.1. The van der Waals surface area contributed by atoms with Crippen molar-refractivity contribution in [1.82, 2.24) is 5.32 Å². The number of hydrogen-bond acceptors (Lipinski definition) is 2. The number of benzene rings is 1. The monoisotopic (exact) mass is 253 g/mol. The van der Waals surface area contributed by atoms with E-state index in [1.165, 1.54) is 6.07 Å². The smallest absolute Gasteiger partial charge is 0.254 e. The predicted octanol–water partition coefficient (Wildman–Crippen LogP) is 2.68. The number of carbonyl (C=O) groups excluding carboxylic acids is 1. The number of amides is 1. The van der Waals surface area contributed by atoms with Crippen LogP contribution in [-0.2, 0) is 4.74 Å². The van der Waals surface area contributed by atoms with Crippen molar-refractivity contribution in [3.05, 3.63) is 35.1 Å². The molecule has 0 aliphatic heterocycles. The standard InChI is InChI=1S/C14H20FNO2/c1-10(2)18-9-5-8-16-14(17)12-7-4-6-11(3)13(12)15/h4,6-7,10H,5,8-9H2,1-3H3,(H,16,17). The molecule has 0 fully saturated rings. The van der Waals surface area contributed by atoms with Gasteiger partial charge in [0.05, 0.1) is 11.7 Å². The number of rotatable bonds is 6. The van der Waals surface area contributed by atoms with Crippen molar-refractivity contribution in [3.8, 4) is 0 Å². The van der Waals surface area contributed by atoms with Crippen LogP contribution >= 0.6 is 0 Å². The van der Waals surface area contributed by atoms with Gasteiger partial charge in [-0.05, 0) is 38.8 Å². The van der Waals surface area contributed by atoms with Gasteiger partial charge in [-0.1, -0.05) is 12.1 Å². The Morgan fingerprint density at radius 1 is 1.44 bits per heavy atom. The third-order valence-electron chi connectivity index (χ3n) is 2.49. The van der Waals surface area contributed by atoms with Crippen LogP contribution in [0.5, 0.6) is 0 Å². The molecule has 4 heteroatoms. The normalized spacial score (nSPS) is 10.7. The Bertz CT molecular complexity index is 405. The first-order chi connectivity index (χ1) is 8.52. The highest BCUT2D eigenvalue weighted by molar-refractivity contribution is 5.94. The van der Waals surface area contributed by atoms with E-state index < -0.39 is 5.82 Å². The highest BCUT2D eigenvalue weighted by atomic mass is 19.1. The van der Waals surface area contributed by atoms with Gasteiger partial charge in [-0.2, -0.15) is 0 Å². The Kier molecular flexibility index (Phi) is 5.78. The molecule has 0 bridgehead atoms. The van der Waals surface area contributed by atoms with E-state index in [0.717, 1.165) is 6.42 Å². The lowest BCUT2D eigenvalue weighted by atomic mass is 10.1. The molecule has 0 aliphatic rings. The first kappa shape index (κ1) is 14.6. The molecule has 1 aromatic carbocycles. The van der Waals surface area contributed by atoms with Crippen LogP contribution in [0.3, 0.4) is 0 Å². The fourth-order valence-corrected chi connectivity index (χ4v) is 1.51. The molecule has 0 aliphatic carbocycles. The van der Waals surface area contributed by atoms with E-state index in [0.29, 0.717) is 18.7 Å². The second-order valence-electron chi connectivity index (χ2n) is 4.47. The van der Waals surface area contributed by atoms with Crippen molar-refractivity contribution in [3.63, 3.8) is 0 Å². The fraction of sp³-hybridized carbons (Fsp3) is 0.500. The molecule has 100 valence electrons. The van der Waals surface area contributed by atoms with Crippen LogP contribution in [0, 0.1) is 12.7 Å². The molecule has 0 atom stereocenters. The van der Waals surface area contributed by atoms with Crippen molar-refractivity contribution in [1.29, 1.82) is 0 Å². The molecule has 1 rings (SSSR count). The SMILES string of the molecule is Cc1cccc(C(=O)NCCCOC(C)C)c1F. The van der Waals surface area contributed by atoms with Crippen LogP contribution in [0.4, 0.5) is 4.39 Å². The molecule has 1 N–H and O–H groups in total. The lowest BCUT2D eigenvalue weighted by Gasteiger charge is -2.09. The van der Waals surface area contributed by atoms with Gasteiger partial charge in [0.25, 0.3) is 5.91 Å². The molecule has 0 aromatic heterocycles. The topological polar surface area (TPSA) is 38.3 Å². The maximum absolute atomic E-state index is 13.6. The number of nitrogens with one attached hydrogen (secondary N) is 1. The molecule has 3 nitrogen and oxygen atoms in total. The van der Waals surface area contributed by atoms with E-state index in [1.807, 2.05) is 13.8 Å². The van der Waals surface area contributed by atoms with Crippen molar-refractivity contribution in [2.24, 2.45) is 0 Å². The van der Waals surface area contributed by atoms with Crippen LogP contribution in [0.1, 0.15) is 36.2 Å². The van der Waals surface area contributed by atoms with Gasteiger partial charge < -0.3 is 10.1 Å². The molecule has 18 heavy (non-hydrogen) atoms. The summed E-state index contributed by atoms with van der Waals surface area (Å²) in [7, 11) is 0. The zero-order valence-corrected chi connectivity index (χ0v) is 11.1. The van der Waals surface area contributed by atoms with Gasteiger partial charge in [0.2, 0.25) is 0 Å². The molecular formula is C14H20FNO2. The highest BCUT2D eigenvalue weighted by Crippen LogP contribution is 2.11. The van der Waals surface area contributed by atoms with Crippen LogP contribution in [-0.4, -0.2) is 25.2 Å². The van der Waals surface area contributed by atoms with Crippen molar-refractivity contribution in [2.45, 2.75) is 33.3 Å². The molecule has 0 radical (unpaired) electrons. The van der Waals surface area contributed by atoms with Gasteiger partial charge in [-0.3, -0.25) is 4.79 Å². The third kappa shape index (κ3) is 4.45. The van der Waals surface area contributed by atoms with E-state index in [-0.39, 0.29) is 17.6 Å². The Morgan fingerprint density at radius 3 is 2.83 bits per heavy atom. The third-order valence-corrected chi connectivity index (χ3v) is 2.49. The molecule has 1 amide bonds. The molecule has 0 unspecified atom stereocenters. The number of aryl methyl sites for hydroxylation is 1. The molecule has 0 heterocycles. The molecule has 0 saturated carbocycles. The van der Waals surface area contributed by atoms with Crippen LogP contribution < -0.4 is 5.32 Å². The minimum Gasteiger partial charge on any atom is -0.379 e. The Morgan fingerprint density at radius 2 is 2.17 bits per heavy atom. The quantitative estimate of drug-likeness (QED) is 0.792. The average molecular weight is 253 g/mol.